The van der Waals surface area contributed by atoms with Gasteiger partial charge in [0.05, 0.1) is 4.92 Å². The molecule has 0 heterocycles. The van der Waals surface area contributed by atoms with E-state index in [1.165, 1.54) is 6.07 Å². The van der Waals surface area contributed by atoms with Gasteiger partial charge >= 0.3 is 0 Å². The zero-order chi connectivity index (χ0) is 12.8. The number of benzene rings is 1. The fourth-order valence-electron chi connectivity index (χ4n) is 1.47. The van der Waals surface area contributed by atoms with E-state index in [1.54, 1.807) is 12.1 Å². The van der Waals surface area contributed by atoms with Gasteiger partial charge in [-0.1, -0.05) is 36.2 Å². The second kappa shape index (κ2) is 6.71. The van der Waals surface area contributed by atoms with E-state index >= 15 is 0 Å². The minimum absolute atomic E-state index is 0.171. The lowest BCUT2D eigenvalue weighted by Crippen LogP contribution is -2.20. The van der Waals surface area contributed by atoms with Gasteiger partial charge < -0.3 is 5.32 Å². The predicted molar refractivity (Wildman–Crippen MR) is 72.0 cm³/mol. The molecular weight excluding hydrogens is 284 g/mol. The molecule has 0 aliphatic heterocycles. The van der Waals surface area contributed by atoms with Crippen molar-refractivity contribution < 1.29 is 4.92 Å². The molecule has 4 nitrogen and oxygen atoms in total. The highest BCUT2D eigenvalue weighted by molar-refractivity contribution is 9.10. The Hall–Kier alpha value is -0.940. The highest BCUT2D eigenvalue weighted by Crippen LogP contribution is 2.22. The molecule has 1 unspecified atom stereocenters. The third-order valence-electron chi connectivity index (χ3n) is 2.74. The van der Waals surface area contributed by atoms with Gasteiger partial charge in [0.15, 0.2) is 0 Å². The van der Waals surface area contributed by atoms with E-state index < -0.39 is 0 Å². The Morgan fingerprint density at radius 2 is 2.24 bits per heavy atom. The lowest BCUT2D eigenvalue weighted by Gasteiger charge is -2.10. The summed E-state index contributed by atoms with van der Waals surface area (Å²) in [6, 6.07) is 5.02. The quantitative estimate of drug-likeness (QED) is 0.646. The average molecular weight is 301 g/mol. The van der Waals surface area contributed by atoms with Crippen molar-refractivity contribution in [3.8, 4) is 0 Å². The summed E-state index contributed by atoms with van der Waals surface area (Å²) in [5.41, 5.74) is 0.887. The topological polar surface area (TPSA) is 55.2 Å². The Kier molecular flexibility index (Phi) is 5.58. The summed E-state index contributed by atoms with van der Waals surface area (Å²) >= 11 is 3.33. The summed E-state index contributed by atoms with van der Waals surface area (Å²) in [4.78, 5) is 10.5. The minimum atomic E-state index is -0.341. The summed E-state index contributed by atoms with van der Waals surface area (Å²) in [6.45, 7) is 5.69. The number of nitro benzene ring substituents is 1. The van der Waals surface area contributed by atoms with E-state index in [1.807, 2.05) is 0 Å². The first kappa shape index (κ1) is 14.1. The van der Waals surface area contributed by atoms with E-state index in [0.717, 1.165) is 17.4 Å². The van der Waals surface area contributed by atoms with Gasteiger partial charge in [0.2, 0.25) is 0 Å². The molecule has 1 atom stereocenters. The second-order valence-electron chi connectivity index (χ2n) is 4.17. The Bertz CT molecular complexity index is 396. The lowest BCUT2D eigenvalue weighted by molar-refractivity contribution is -0.385. The van der Waals surface area contributed by atoms with Crippen LogP contribution >= 0.6 is 15.9 Å². The summed E-state index contributed by atoms with van der Waals surface area (Å²) in [5, 5.41) is 14.1. The monoisotopic (exact) mass is 300 g/mol. The summed E-state index contributed by atoms with van der Waals surface area (Å²) < 4.78 is 0.864. The molecule has 0 radical (unpaired) electrons. The zero-order valence-corrected chi connectivity index (χ0v) is 11.7. The molecule has 0 fully saturated rings. The summed E-state index contributed by atoms with van der Waals surface area (Å²) in [5.74, 6) is 0.584. The van der Waals surface area contributed by atoms with Crippen molar-refractivity contribution in [2.45, 2.75) is 26.8 Å². The first-order valence-corrected chi connectivity index (χ1v) is 6.47. The van der Waals surface area contributed by atoms with Crippen LogP contribution in [0.15, 0.2) is 22.7 Å². The second-order valence-corrected chi connectivity index (χ2v) is 5.09. The van der Waals surface area contributed by atoms with Gasteiger partial charge in [-0.05, 0) is 24.6 Å². The van der Waals surface area contributed by atoms with E-state index in [0.29, 0.717) is 18.0 Å². The Morgan fingerprint density at radius 3 is 2.82 bits per heavy atom. The molecule has 5 heteroatoms. The molecule has 0 saturated carbocycles. The van der Waals surface area contributed by atoms with Crippen molar-refractivity contribution in [2.24, 2.45) is 5.92 Å². The number of nitro groups is 1. The highest BCUT2D eigenvalue weighted by atomic mass is 79.9. The van der Waals surface area contributed by atoms with Crippen LogP contribution in [0.2, 0.25) is 0 Å². The van der Waals surface area contributed by atoms with Gasteiger partial charge in [0.25, 0.3) is 5.69 Å². The van der Waals surface area contributed by atoms with Crippen LogP contribution in [-0.2, 0) is 6.54 Å². The molecule has 0 spiro atoms. The molecule has 17 heavy (non-hydrogen) atoms. The normalized spacial score (nSPS) is 12.4. The van der Waals surface area contributed by atoms with Gasteiger partial charge in [-0.15, -0.1) is 0 Å². The number of hydrogen-bond acceptors (Lipinski definition) is 3. The molecule has 0 saturated heterocycles. The Labute approximate surface area is 110 Å². The fraction of sp³-hybridized carbons (Fsp3) is 0.500. The maximum atomic E-state index is 10.8. The van der Waals surface area contributed by atoms with E-state index in [2.05, 4.69) is 35.1 Å². The molecule has 1 rings (SSSR count). The van der Waals surface area contributed by atoms with Crippen LogP contribution in [0.3, 0.4) is 0 Å². The predicted octanol–water partition coefficient (Wildman–Crippen LogP) is 3.49. The Balaban J connectivity index is 2.68. The van der Waals surface area contributed by atoms with Crippen molar-refractivity contribution in [1.82, 2.24) is 5.32 Å². The minimum Gasteiger partial charge on any atom is -0.312 e. The van der Waals surface area contributed by atoms with E-state index in [9.17, 15) is 10.1 Å². The number of nitrogens with zero attached hydrogens (tertiary/aromatic N) is 1. The molecular formula is C12H17BrN2O2. The van der Waals surface area contributed by atoms with Gasteiger partial charge in [-0.25, -0.2) is 0 Å². The van der Waals surface area contributed by atoms with Crippen molar-refractivity contribution >= 4 is 21.6 Å². The standard InChI is InChI=1S/C12H17BrN2O2/c1-3-9(2)7-14-8-10-6-11(13)4-5-12(10)15(16)17/h4-6,9,14H,3,7-8H2,1-2H3. The highest BCUT2D eigenvalue weighted by Gasteiger charge is 2.13. The average Bonchev–Trinajstić information content (AvgIpc) is 2.28. The van der Waals surface area contributed by atoms with Crippen LogP contribution in [0, 0.1) is 16.0 Å². The van der Waals surface area contributed by atoms with Crippen LogP contribution in [0.4, 0.5) is 5.69 Å². The van der Waals surface area contributed by atoms with Crippen molar-refractivity contribution in [2.75, 3.05) is 6.54 Å². The molecule has 0 aliphatic rings. The number of nitrogens with one attached hydrogen (secondary N) is 1. The SMILES string of the molecule is CCC(C)CNCc1cc(Br)ccc1[N+](=O)[O-]. The third kappa shape index (κ3) is 4.44. The van der Waals surface area contributed by atoms with Crippen LogP contribution < -0.4 is 5.32 Å². The van der Waals surface area contributed by atoms with Gasteiger partial charge in [0.1, 0.15) is 0 Å². The van der Waals surface area contributed by atoms with Crippen LogP contribution in [0.1, 0.15) is 25.8 Å². The lowest BCUT2D eigenvalue weighted by atomic mass is 10.1. The molecule has 0 aromatic heterocycles. The third-order valence-corrected chi connectivity index (χ3v) is 3.24. The maximum Gasteiger partial charge on any atom is 0.273 e. The molecule has 0 bridgehead atoms. The van der Waals surface area contributed by atoms with Crippen LogP contribution in [0.25, 0.3) is 0 Å². The van der Waals surface area contributed by atoms with Gasteiger partial charge in [-0.2, -0.15) is 0 Å². The van der Waals surface area contributed by atoms with Gasteiger partial charge in [-0.3, -0.25) is 10.1 Å². The first-order chi connectivity index (χ1) is 8.04. The number of rotatable bonds is 6. The number of hydrogen-bond donors (Lipinski definition) is 1. The molecule has 1 aromatic rings. The largest absolute Gasteiger partial charge is 0.312 e. The van der Waals surface area contributed by atoms with Crippen molar-refractivity contribution in [3.63, 3.8) is 0 Å². The fourth-order valence-corrected chi connectivity index (χ4v) is 1.88. The summed E-state index contributed by atoms with van der Waals surface area (Å²) in [7, 11) is 0. The smallest absolute Gasteiger partial charge is 0.273 e. The van der Waals surface area contributed by atoms with Crippen molar-refractivity contribution in [1.29, 1.82) is 0 Å². The molecule has 94 valence electrons. The van der Waals surface area contributed by atoms with E-state index in [-0.39, 0.29) is 10.6 Å². The first-order valence-electron chi connectivity index (χ1n) is 5.68. The molecule has 1 N–H and O–H groups in total. The van der Waals surface area contributed by atoms with Crippen molar-refractivity contribution in [3.05, 3.63) is 38.3 Å². The molecule has 0 aliphatic carbocycles. The summed E-state index contributed by atoms with van der Waals surface area (Å²) in [6.07, 6.45) is 1.10. The molecule has 1 aromatic carbocycles. The Morgan fingerprint density at radius 1 is 1.53 bits per heavy atom. The number of halogens is 1. The van der Waals surface area contributed by atoms with E-state index in [4.69, 9.17) is 0 Å². The molecule has 0 amide bonds. The van der Waals surface area contributed by atoms with Gasteiger partial charge in [0, 0.05) is 22.6 Å². The maximum absolute atomic E-state index is 10.8. The zero-order valence-electron chi connectivity index (χ0n) is 10.1. The van der Waals surface area contributed by atoms with Crippen LogP contribution in [0.5, 0.6) is 0 Å². The van der Waals surface area contributed by atoms with Crippen LogP contribution in [-0.4, -0.2) is 11.5 Å².